The van der Waals surface area contributed by atoms with E-state index >= 15 is 0 Å². The Kier molecular flexibility index (Phi) is 6.00. The summed E-state index contributed by atoms with van der Waals surface area (Å²) in [5, 5.41) is 9.94. The summed E-state index contributed by atoms with van der Waals surface area (Å²) < 4.78 is 0. The predicted octanol–water partition coefficient (Wildman–Crippen LogP) is 2.80. The number of hydrogen-bond acceptors (Lipinski definition) is 3. The van der Waals surface area contributed by atoms with Gasteiger partial charge in [0, 0.05) is 32.9 Å². The minimum atomic E-state index is -0.223. The topological polar surface area (TPSA) is 60.9 Å². The van der Waals surface area contributed by atoms with Gasteiger partial charge in [0.15, 0.2) is 0 Å². The summed E-state index contributed by atoms with van der Waals surface area (Å²) in [6.45, 7) is 3.78. The van der Waals surface area contributed by atoms with Crippen molar-refractivity contribution in [2.24, 2.45) is 0 Å². The zero-order valence-electron chi connectivity index (χ0n) is 16.5. The van der Waals surface area contributed by atoms with E-state index in [2.05, 4.69) is 30.3 Å². The zero-order chi connectivity index (χ0) is 19.6. The molecule has 2 aliphatic rings. The molecule has 5 heteroatoms. The Labute approximate surface area is 161 Å². The molecule has 1 aromatic carbocycles. The Morgan fingerprint density at radius 1 is 1.22 bits per heavy atom. The van der Waals surface area contributed by atoms with E-state index in [1.54, 1.807) is 16.8 Å². The molecule has 1 N–H and O–H groups in total. The summed E-state index contributed by atoms with van der Waals surface area (Å²) in [7, 11) is 1.76. The van der Waals surface area contributed by atoms with E-state index in [4.69, 9.17) is 0 Å². The van der Waals surface area contributed by atoms with Crippen molar-refractivity contribution in [1.82, 2.24) is 9.80 Å². The SMILES string of the molecule is CCC(=O)N1[C@H](CO)[C@H](c2ccc(C3=CCCC3)cc2)[C@@H]1CN(C)C(C)=O. The van der Waals surface area contributed by atoms with Gasteiger partial charge in [-0.05, 0) is 36.0 Å². The van der Waals surface area contributed by atoms with Gasteiger partial charge in [0.05, 0.1) is 18.7 Å². The molecule has 146 valence electrons. The second kappa shape index (κ2) is 8.26. The van der Waals surface area contributed by atoms with Crippen LogP contribution in [0.15, 0.2) is 30.3 Å². The van der Waals surface area contributed by atoms with Gasteiger partial charge in [0.2, 0.25) is 11.8 Å². The first-order chi connectivity index (χ1) is 13.0. The highest BCUT2D eigenvalue weighted by Crippen LogP contribution is 2.42. The first-order valence-corrected chi connectivity index (χ1v) is 9.91. The number of amides is 2. The summed E-state index contributed by atoms with van der Waals surface area (Å²) in [5.41, 5.74) is 3.79. The number of nitrogens with zero attached hydrogens (tertiary/aromatic N) is 2. The molecule has 1 aromatic rings. The van der Waals surface area contributed by atoms with Crippen LogP contribution in [0.2, 0.25) is 0 Å². The quantitative estimate of drug-likeness (QED) is 0.838. The molecule has 1 heterocycles. The Balaban J connectivity index is 1.85. The molecule has 0 aromatic heterocycles. The Bertz CT molecular complexity index is 726. The van der Waals surface area contributed by atoms with Crippen molar-refractivity contribution in [2.45, 2.75) is 57.5 Å². The molecule has 0 unspecified atom stereocenters. The summed E-state index contributed by atoms with van der Waals surface area (Å²) >= 11 is 0. The lowest BCUT2D eigenvalue weighted by atomic mass is 9.74. The molecule has 0 spiro atoms. The van der Waals surface area contributed by atoms with Crippen molar-refractivity contribution in [3.8, 4) is 0 Å². The fraction of sp³-hybridized carbons (Fsp3) is 0.545. The molecule has 0 radical (unpaired) electrons. The lowest BCUT2D eigenvalue weighted by Gasteiger charge is -2.55. The van der Waals surface area contributed by atoms with E-state index in [9.17, 15) is 14.7 Å². The Morgan fingerprint density at radius 2 is 1.93 bits per heavy atom. The highest BCUT2D eigenvalue weighted by Gasteiger charge is 2.50. The second-order valence-corrected chi connectivity index (χ2v) is 7.64. The third-order valence-corrected chi connectivity index (χ3v) is 6.03. The zero-order valence-corrected chi connectivity index (χ0v) is 16.5. The van der Waals surface area contributed by atoms with Crippen LogP contribution in [0, 0.1) is 0 Å². The first-order valence-electron chi connectivity index (χ1n) is 9.91. The Morgan fingerprint density at radius 3 is 2.44 bits per heavy atom. The van der Waals surface area contributed by atoms with E-state index < -0.39 is 0 Å². The second-order valence-electron chi connectivity index (χ2n) is 7.64. The van der Waals surface area contributed by atoms with E-state index in [1.165, 1.54) is 24.5 Å². The monoisotopic (exact) mass is 370 g/mol. The number of allylic oxidation sites excluding steroid dienone is 2. The van der Waals surface area contributed by atoms with E-state index in [-0.39, 0.29) is 36.4 Å². The van der Waals surface area contributed by atoms with Crippen molar-refractivity contribution in [3.05, 3.63) is 41.5 Å². The molecule has 5 nitrogen and oxygen atoms in total. The van der Waals surface area contributed by atoms with E-state index in [0.29, 0.717) is 13.0 Å². The standard InChI is InChI=1S/C22H30N2O3/c1-4-21(27)24-19(13-23(3)15(2)26)22(20(24)14-25)18-11-9-17(10-12-18)16-7-5-6-8-16/h7,9-12,19-20,22,25H,4-6,8,13-14H2,1-3H3/t19-,20+,22+/m0/s1. The molecular formula is C22H30N2O3. The van der Waals surface area contributed by atoms with Crippen LogP contribution in [0.4, 0.5) is 0 Å². The highest BCUT2D eigenvalue weighted by molar-refractivity contribution is 5.79. The van der Waals surface area contributed by atoms with Gasteiger partial charge in [-0.3, -0.25) is 9.59 Å². The number of rotatable bonds is 6. The van der Waals surface area contributed by atoms with Gasteiger partial charge >= 0.3 is 0 Å². The minimum Gasteiger partial charge on any atom is -0.394 e. The first kappa shape index (κ1) is 19.6. The maximum Gasteiger partial charge on any atom is 0.222 e. The average Bonchev–Trinajstić information content (AvgIpc) is 3.19. The normalized spacial score (nSPS) is 24.4. The lowest BCUT2D eigenvalue weighted by molar-refractivity contribution is -0.153. The maximum absolute atomic E-state index is 12.4. The molecular weight excluding hydrogens is 340 g/mol. The average molecular weight is 370 g/mol. The fourth-order valence-corrected chi connectivity index (χ4v) is 4.41. The molecule has 1 aliphatic carbocycles. The van der Waals surface area contributed by atoms with Crippen molar-refractivity contribution in [2.75, 3.05) is 20.2 Å². The van der Waals surface area contributed by atoms with Crippen LogP contribution >= 0.6 is 0 Å². The summed E-state index contributed by atoms with van der Waals surface area (Å²) in [5.74, 6) is 0.0486. The molecule has 1 fully saturated rings. The number of carbonyl (C=O) groups is 2. The third kappa shape index (κ3) is 3.79. The van der Waals surface area contributed by atoms with Crippen LogP contribution < -0.4 is 0 Å². The van der Waals surface area contributed by atoms with Gasteiger partial charge in [-0.15, -0.1) is 0 Å². The molecule has 0 saturated carbocycles. The summed E-state index contributed by atoms with van der Waals surface area (Å²) in [6.07, 6.45) is 6.21. The summed E-state index contributed by atoms with van der Waals surface area (Å²) in [4.78, 5) is 27.6. The number of hydrogen-bond donors (Lipinski definition) is 1. The summed E-state index contributed by atoms with van der Waals surface area (Å²) in [6, 6.07) is 8.22. The van der Waals surface area contributed by atoms with Crippen LogP contribution in [-0.4, -0.2) is 59.0 Å². The molecule has 0 bridgehead atoms. The fourth-order valence-electron chi connectivity index (χ4n) is 4.41. The van der Waals surface area contributed by atoms with Crippen LogP contribution in [0.5, 0.6) is 0 Å². The van der Waals surface area contributed by atoms with Crippen molar-refractivity contribution >= 4 is 17.4 Å². The number of carbonyl (C=O) groups excluding carboxylic acids is 2. The van der Waals surface area contributed by atoms with Gasteiger partial charge in [0.1, 0.15) is 0 Å². The molecule has 27 heavy (non-hydrogen) atoms. The van der Waals surface area contributed by atoms with Gasteiger partial charge in [-0.25, -0.2) is 0 Å². The third-order valence-electron chi connectivity index (χ3n) is 6.03. The maximum atomic E-state index is 12.4. The van der Waals surface area contributed by atoms with Gasteiger partial charge in [-0.1, -0.05) is 37.3 Å². The lowest BCUT2D eigenvalue weighted by Crippen LogP contribution is -2.68. The van der Waals surface area contributed by atoms with Crippen molar-refractivity contribution < 1.29 is 14.7 Å². The number of benzene rings is 1. The molecule has 2 amide bonds. The van der Waals surface area contributed by atoms with Crippen LogP contribution in [0.3, 0.4) is 0 Å². The molecule has 3 atom stereocenters. The Hall–Kier alpha value is -2.14. The number of aliphatic hydroxyl groups is 1. The largest absolute Gasteiger partial charge is 0.394 e. The highest BCUT2D eigenvalue weighted by atomic mass is 16.3. The van der Waals surface area contributed by atoms with Crippen molar-refractivity contribution in [1.29, 1.82) is 0 Å². The van der Waals surface area contributed by atoms with E-state index in [0.717, 1.165) is 18.4 Å². The van der Waals surface area contributed by atoms with Gasteiger partial charge in [-0.2, -0.15) is 0 Å². The predicted molar refractivity (Wildman–Crippen MR) is 106 cm³/mol. The molecule has 1 aliphatic heterocycles. The van der Waals surface area contributed by atoms with E-state index in [1.807, 2.05) is 6.92 Å². The minimum absolute atomic E-state index is 0.0198. The van der Waals surface area contributed by atoms with Gasteiger partial charge in [0.25, 0.3) is 0 Å². The molecule has 1 saturated heterocycles. The number of likely N-dealkylation sites (tertiary alicyclic amines) is 1. The van der Waals surface area contributed by atoms with Crippen LogP contribution in [0.25, 0.3) is 5.57 Å². The van der Waals surface area contributed by atoms with Gasteiger partial charge < -0.3 is 14.9 Å². The molecule has 3 rings (SSSR count). The van der Waals surface area contributed by atoms with Crippen LogP contribution in [-0.2, 0) is 9.59 Å². The van der Waals surface area contributed by atoms with Crippen LogP contribution in [0.1, 0.15) is 56.6 Å². The van der Waals surface area contributed by atoms with Crippen molar-refractivity contribution in [3.63, 3.8) is 0 Å². The smallest absolute Gasteiger partial charge is 0.222 e. The number of likely N-dealkylation sites (N-methyl/N-ethyl adjacent to an activating group) is 1. The number of aliphatic hydroxyl groups excluding tert-OH is 1.